The second kappa shape index (κ2) is 19.6. The summed E-state index contributed by atoms with van der Waals surface area (Å²) in [5, 5.41) is 19.9. The van der Waals surface area contributed by atoms with Crippen molar-refractivity contribution >= 4 is 77.1 Å². The molecule has 0 atom stereocenters. The molecule has 326 valence electrons. The molecule has 7 aromatic rings. The van der Waals surface area contributed by atoms with E-state index in [9.17, 15) is 19.8 Å². The van der Waals surface area contributed by atoms with Crippen molar-refractivity contribution in [2.24, 2.45) is 0 Å². The summed E-state index contributed by atoms with van der Waals surface area (Å²) in [6.45, 7) is 8.88. The van der Waals surface area contributed by atoms with Gasteiger partial charge in [-0.15, -0.1) is 0 Å². The van der Waals surface area contributed by atoms with Crippen molar-refractivity contribution in [3.63, 3.8) is 0 Å². The predicted octanol–water partition coefficient (Wildman–Crippen LogP) is 10.2. The van der Waals surface area contributed by atoms with Gasteiger partial charge >= 0.3 is 11.9 Å². The highest BCUT2D eigenvalue weighted by atomic mass is 79.9. The molecule has 2 aliphatic heterocycles. The molecule has 2 aliphatic rings. The Morgan fingerprint density at radius 1 is 0.540 bits per heavy atom. The highest BCUT2D eigenvalue weighted by Crippen LogP contribution is 2.38. The van der Waals surface area contributed by atoms with E-state index in [0.29, 0.717) is 11.2 Å². The molecule has 0 aliphatic carbocycles. The van der Waals surface area contributed by atoms with Crippen LogP contribution in [-0.2, 0) is 13.1 Å². The Kier molecular flexibility index (Phi) is 13.6. The third-order valence-electron chi connectivity index (χ3n) is 11.2. The molecule has 13 nitrogen and oxygen atoms in total. The Hall–Kier alpha value is -6.00. The fourth-order valence-corrected chi connectivity index (χ4v) is 9.32. The number of piperazine rings is 2. The van der Waals surface area contributed by atoms with Crippen LogP contribution in [0.4, 0.5) is 11.4 Å². The van der Waals surface area contributed by atoms with Gasteiger partial charge in [0.1, 0.15) is 34.2 Å². The van der Waals surface area contributed by atoms with Gasteiger partial charge in [0.25, 0.3) is 0 Å². The third-order valence-corrected chi connectivity index (χ3v) is 12.8. The average Bonchev–Trinajstić information content (AvgIpc) is 3.95. The average molecular weight is 983 g/mol. The zero-order valence-corrected chi connectivity index (χ0v) is 37.9. The van der Waals surface area contributed by atoms with Gasteiger partial charge in [-0.3, -0.25) is 9.80 Å². The highest BCUT2D eigenvalue weighted by Gasteiger charge is 2.24. The first kappa shape index (κ1) is 43.6. The van der Waals surface area contributed by atoms with Crippen LogP contribution in [0.5, 0.6) is 23.0 Å². The summed E-state index contributed by atoms with van der Waals surface area (Å²) in [7, 11) is 3.32. The number of halogens is 2. The molecule has 9 rings (SSSR count). The first-order valence-electron chi connectivity index (χ1n) is 20.4. The summed E-state index contributed by atoms with van der Waals surface area (Å²) in [5.41, 5.74) is 5.61. The molecule has 4 heterocycles. The fraction of sp³-hybridized carbons (Fsp3) is 0.250. The number of rotatable bonds is 12. The van der Waals surface area contributed by atoms with Gasteiger partial charge in [-0.25, -0.2) is 9.59 Å². The Balaban J connectivity index is 0.000000174. The van der Waals surface area contributed by atoms with Crippen molar-refractivity contribution in [3.8, 4) is 23.0 Å². The van der Waals surface area contributed by atoms with Crippen molar-refractivity contribution in [1.29, 1.82) is 0 Å². The van der Waals surface area contributed by atoms with Gasteiger partial charge in [0.15, 0.2) is 0 Å². The van der Waals surface area contributed by atoms with Crippen LogP contribution in [0.25, 0.3) is 21.9 Å². The SMILES string of the molecule is COc1cc(CN2CCN(c3ccc4oc(C(=O)O)cc4c3Br)CC2)cc(OC)c1.O=C(O)c1cc2c(Br)c(N3CCN(Cc4cccc(Oc5ccccc5)c4)CC3)ccc2o1. The number of carbonyl (C=O) groups is 2. The minimum atomic E-state index is -1.07. The normalized spacial score (nSPS) is 14.7. The van der Waals surface area contributed by atoms with E-state index in [2.05, 4.69) is 63.6 Å². The number of para-hydroxylation sites is 1. The smallest absolute Gasteiger partial charge is 0.371 e. The Morgan fingerprint density at radius 2 is 1.00 bits per heavy atom. The van der Waals surface area contributed by atoms with E-state index in [1.165, 1.54) is 5.56 Å². The van der Waals surface area contributed by atoms with Crippen molar-refractivity contribution in [2.45, 2.75) is 13.1 Å². The van der Waals surface area contributed by atoms with Gasteiger partial charge in [0.2, 0.25) is 11.5 Å². The summed E-state index contributed by atoms with van der Waals surface area (Å²) < 4.78 is 29.3. The van der Waals surface area contributed by atoms with E-state index in [4.69, 9.17) is 23.0 Å². The maximum atomic E-state index is 11.2. The molecule has 2 fully saturated rings. The molecule has 0 spiro atoms. The van der Waals surface area contributed by atoms with Gasteiger partial charge in [-0.1, -0.05) is 30.3 Å². The highest BCUT2D eigenvalue weighted by molar-refractivity contribution is 9.11. The van der Waals surface area contributed by atoms with Gasteiger partial charge in [0, 0.05) is 94.4 Å². The lowest BCUT2D eigenvalue weighted by Crippen LogP contribution is -2.46. The van der Waals surface area contributed by atoms with Gasteiger partial charge in [-0.2, -0.15) is 0 Å². The standard InChI is InChI=1S/C26H23BrN2O4.C22H23BrN2O5/c27-25-21-16-24(26(30)31)33-23(21)10-9-22(25)29-13-11-28(12-14-29)17-18-5-4-8-20(15-18)32-19-6-2-1-3-7-19;1-28-15-9-14(10-16(11-15)29-2)13-24-5-7-25(8-6-24)18-3-4-19-17(21(18)23)12-20(30-19)22(26)27/h1-10,15-16H,11-14,17H2,(H,30,31);3-4,9-12H,5-8,13H2,1-2H3,(H,26,27). The molecule has 2 N–H and O–H groups in total. The van der Waals surface area contributed by atoms with E-state index in [1.54, 1.807) is 26.4 Å². The number of ether oxygens (including phenoxy) is 3. The Bertz CT molecular complexity index is 2700. The largest absolute Gasteiger partial charge is 0.497 e. The number of methoxy groups -OCH3 is 2. The van der Waals surface area contributed by atoms with E-state index < -0.39 is 11.9 Å². The maximum absolute atomic E-state index is 11.2. The summed E-state index contributed by atoms with van der Waals surface area (Å²) in [5.74, 6) is 1.03. The predicted molar refractivity (Wildman–Crippen MR) is 249 cm³/mol. The first-order chi connectivity index (χ1) is 30.5. The van der Waals surface area contributed by atoms with Crippen LogP contribution in [0, 0.1) is 0 Å². The van der Waals surface area contributed by atoms with Crippen LogP contribution in [0.2, 0.25) is 0 Å². The van der Waals surface area contributed by atoms with E-state index in [1.807, 2.05) is 84.9 Å². The van der Waals surface area contributed by atoms with Crippen LogP contribution in [-0.4, -0.2) is 98.5 Å². The number of carboxylic acid groups (broad SMARTS) is 2. The molecule has 0 saturated carbocycles. The monoisotopic (exact) mass is 980 g/mol. The Labute approximate surface area is 381 Å². The number of carboxylic acids is 2. The van der Waals surface area contributed by atoms with Gasteiger partial charge in [0.05, 0.1) is 34.5 Å². The molecule has 0 radical (unpaired) electrons. The molecule has 15 heteroatoms. The summed E-state index contributed by atoms with van der Waals surface area (Å²) in [6, 6.07) is 34.8. The number of hydrogen-bond acceptors (Lipinski definition) is 11. The van der Waals surface area contributed by atoms with Crippen molar-refractivity contribution in [1.82, 2.24) is 9.80 Å². The number of aromatic carboxylic acids is 2. The molecular weight excluding hydrogens is 936 g/mol. The molecule has 5 aromatic carbocycles. The van der Waals surface area contributed by atoms with Gasteiger partial charge in [-0.05, 0) is 104 Å². The van der Waals surface area contributed by atoms with Crippen LogP contribution in [0.1, 0.15) is 32.2 Å². The van der Waals surface area contributed by atoms with E-state index >= 15 is 0 Å². The van der Waals surface area contributed by atoms with Crippen LogP contribution >= 0.6 is 31.9 Å². The molecule has 2 saturated heterocycles. The zero-order chi connectivity index (χ0) is 44.0. The lowest BCUT2D eigenvalue weighted by atomic mass is 10.1. The van der Waals surface area contributed by atoms with E-state index in [-0.39, 0.29) is 11.5 Å². The van der Waals surface area contributed by atoms with Crippen molar-refractivity contribution in [3.05, 3.63) is 141 Å². The molecule has 0 amide bonds. The molecular formula is C48H46Br2N4O9. The lowest BCUT2D eigenvalue weighted by molar-refractivity contribution is 0.0655. The molecule has 0 bridgehead atoms. The van der Waals surface area contributed by atoms with Crippen LogP contribution in [0.3, 0.4) is 0 Å². The maximum Gasteiger partial charge on any atom is 0.371 e. The number of anilines is 2. The quantitative estimate of drug-likeness (QED) is 0.120. The first-order valence-corrected chi connectivity index (χ1v) is 22.0. The molecule has 63 heavy (non-hydrogen) atoms. The summed E-state index contributed by atoms with van der Waals surface area (Å²) in [6.07, 6.45) is 0. The lowest BCUT2D eigenvalue weighted by Gasteiger charge is -2.36. The number of nitrogens with zero attached hydrogens (tertiary/aromatic N) is 4. The fourth-order valence-electron chi connectivity index (χ4n) is 7.93. The van der Waals surface area contributed by atoms with Crippen LogP contribution in [0.15, 0.2) is 127 Å². The van der Waals surface area contributed by atoms with Crippen LogP contribution < -0.4 is 24.0 Å². The zero-order valence-electron chi connectivity index (χ0n) is 34.8. The third kappa shape index (κ3) is 10.3. The van der Waals surface area contributed by atoms with Gasteiger partial charge < -0.3 is 43.1 Å². The number of furan rings is 2. The topological polar surface area (TPSA) is 142 Å². The Morgan fingerprint density at radius 3 is 1.48 bits per heavy atom. The van der Waals surface area contributed by atoms with Crippen molar-refractivity contribution < 1.29 is 42.8 Å². The summed E-state index contributed by atoms with van der Waals surface area (Å²) >= 11 is 7.31. The molecule has 2 aromatic heterocycles. The second-order valence-electron chi connectivity index (χ2n) is 15.3. The minimum absolute atomic E-state index is 0.0499. The number of benzene rings is 5. The number of hydrogen-bond donors (Lipinski definition) is 2. The second-order valence-corrected chi connectivity index (χ2v) is 16.8. The minimum Gasteiger partial charge on any atom is -0.497 e. The van der Waals surface area contributed by atoms with Crippen molar-refractivity contribution in [2.75, 3.05) is 76.4 Å². The summed E-state index contributed by atoms with van der Waals surface area (Å²) in [4.78, 5) is 31.9. The van der Waals surface area contributed by atoms with E-state index in [0.717, 1.165) is 125 Å². The number of fused-ring (bicyclic) bond motifs is 2. The molecule has 0 unspecified atom stereocenters.